The molecule has 6 nitrogen and oxygen atoms in total. The number of urea groups is 1. The Morgan fingerprint density at radius 3 is 2.78 bits per heavy atom. The number of hydrogen-bond acceptors (Lipinski definition) is 3. The lowest BCUT2D eigenvalue weighted by atomic mass is 10.1. The number of aromatic nitrogens is 1. The number of carbonyl (C=O) groups excluding carboxylic acids is 1. The molecular weight excluding hydrogens is 234 g/mol. The van der Waals surface area contributed by atoms with E-state index in [-0.39, 0.29) is 0 Å². The molecule has 1 aromatic heterocycles. The van der Waals surface area contributed by atoms with Crippen molar-refractivity contribution in [1.29, 1.82) is 0 Å². The van der Waals surface area contributed by atoms with Crippen molar-refractivity contribution in [2.45, 2.75) is 32.2 Å². The molecule has 1 rings (SSSR count). The second-order valence-electron chi connectivity index (χ2n) is 3.85. The summed E-state index contributed by atoms with van der Waals surface area (Å²) in [5.74, 6) is -0.644. The minimum Gasteiger partial charge on any atom is -0.480 e. The first-order valence-electron chi connectivity index (χ1n) is 5.85. The standard InChI is InChI=1S/C12H17N3O3/c1-2-3-6-9(11(16)17)14-12(18)15-10-7-4-5-8-13-10/h4-5,7-9H,2-3,6H2,1H3,(H,16,17)(H2,13,14,15,18). The van der Waals surface area contributed by atoms with Gasteiger partial charge in [0.1, 0.15) is 11.9 Å². The Kier molecular flexibility index (Phi) is 5.63. The normalized spacial score (nSPS) is 11.6. The number of nitrogens with one attached hydrogen (secondary N) is 2. The Labute approximate surface area is 105 Å². The molecule has 3 N–H and O–H groups in total. The Morgan fingerprint density at radius 2 is 2.22 bits per heavy atom. The van der Waals surface area contributed by atoms with Crippen LogP contribution in [0, 0.1) is 0 Å². The Balaban J connectivity index is 2.48. The monoisotopic (exact) mass is 251 g/mol. The van der Waals surface area contributed by atoms with E-state index in [1.165, 1.54) is 0 Å². The van der Waals surface area contributed by atoms with E-state index in [0.29, 0.717) is 12.2 Å². The summed E-state index contributed by atoms with van der Waals surface area (Å²) >= 11 is 0. The molecule has 0 spiro atoms. The van der Waals surface area contributed by atoms with Gasteiger partial charge < -0.3 is 10.4 Å². The maximum atomic E-state index is 11.6. The molecular formula is C12H17N3O3. The number of rotatable bonds is 6. The third-order valence-corrected chi connectivity index (χ3v) is 2.36. The van der Waals surface area contributed by atoms with Crippen molar-refractivity contribution < 1.29 is 14.7 Å². The molecule has 18 heavy (non-hydrogen) atoms. The first-order valence-corrected chi connectivity index (χ1v) is 5.85. The average Bonchev–Trinajstić information content (AvgIpc) is 2.35. The van der Waals surface area contributed by atoms with E-state index in [1.807, 2.05) is 6.92 Å². The van der Waals surface area contributed by atoms with Crippen molar-refractivity contribution in [2.24, 2.45) is 0 Å². The molecule has 0 saturated carbocycles. The van der Waals surface area contributed by atoms with Gasteiger partial charge in [-0.25, -0.2) is 14.6 Å². The topological polar surface area (TPSA) is 91.3 Å². The van der Waals surface area contributed by atoms with Gasteiger partial charge in [0, 0.05) is 6.20 Å². The number of carboxylic acids is 1. The molecule has 1 unspecified atom stereocenters. The molecule has 0 radical (unpaired) electrons. The van der Waals surface area contributed by atoms with E-state index in [1.54, 1.807) is 24.4 Å². The van der Waals surface area contributed by atoms with Crippen LogP contribution in [-0.2, 0) is 4.79 Å². The highest BCUT2D eigenvalue weighted by Gasteiger charge is 2.19. The van der Waals surface area contributed by atoms with Gasteiger partial charge in [0.05, 0.1) is 0 Å². The maximum absolute atomic E-state index is 11.6. The molecule has 0 aliphatic carbocycles. The van der Waals surface area contributed by atoms with Crippen LogP contribution in [0.2, 0.25) is 0 Å². The van der Waals surface area contributed by atoms with E-state index in [2.05, 4.69) is 15.6 Å². The lowest BCUT2D eigenvalue weighted by Crippen LogP contribution is -2.43. The van der Waals surface area contributed by atoms with Gasteiger partial charge in [-0.2, -0.15) is 0 Å². The fourth-order valence-corrected chi connectivity index (χ4v) is 1.41. The summed E-state index contributed by atoms with van der Waals surface area (Å²) in [6.07, 6.45) is 3.59. The number of unbranched alkanes of at least 4 members (excludes halogenated alkanes) is 1. The quantitative estimate of drug-likeness (QED) is 0.719. The Hall–Kier alpha value is -2.11. The molecule has 0 fully saturated rings. The van der Waals surface area contributed by atoms with Gasteiger partial charge in [-0.3, -0.25) is 5.32 Å². The van der Waals surface area contributed by atoms with Crippen LogP contribution in [0.4, 0.5) is 10.6 Å². The van der Waals surface area contributed by atoms with Crippen LogP contribution < -0.4 is 10.6 Å². The number of carbonyl (C=O) groups is 2. The fourth-order valence-electron chi connectivity index (χ4n) is 1.41. The second-order valence-corrected chi connectivity index (χ2v) is 3.85. The van der Waals surface area contributed by atoms with Crippen LogP contribution in [0.25, 0.3) is 0 Å². The van der Waals surface area contributed by atoms with Gasteiger partial charge in [-0.1, -0.05) is 25.8 Å². The molecule has 0 bridgehead atoms. The van der Waals surface area contributed by atoms with E-state index in [4.69, 9.17) is 5.11 Å². The van der Waals surface area contributed by atoms with Crippen LogP contribution in [0.3, 0.4) is 0 Å². The molecule has 1 atom stereocenters. The van der Waals surface area contributed by atoms with Crippen molar-refractivity contribution in [3.63, 3.8) is 0 Å². The summed E-state index contributed by atoms with van der Waals surface area (Å²) in [6.45, 7) is 1.97. The molecule has 1 heterocycles. The molecule has 0 saturated heterocycles. The Bertz CT molecular complexity index is 395. The third-order valence-electron chi connectivity index (χ3n) is 2.36. The minimum absolute atomic E-state index is 0.384. The molecule has 0 aliphatic heterocycles. The lowest BCUT2D eigenvalue weighted by molar-refractivity contribution is -0.139. The van der Waals surface area contributed by atoms with Gasteiger partial charge >= 0.3 is 12.0 Å². The molecule has 6 heteroatoms. The minimum atomic E-state index is -1.03. The van der Waals surface area contributed by atoms with E-state index >= 15 is 0 Å². The number of carboxylic acid groups (broad SMARTS) is 1. The van der Waals surface area contributed by atoms with Crippen LogP contribution in [0.15, 0.2) is 24.4 Å². The SMILES string of the molecule is CCCCC(NC(=O)Nc1ccccn1)C(=O)O. The summed E-state index contributed by atoms with van der Waals surface area (Å²) in [5.41, 5.74) is 0. The fraction of sp³-hybridized carbons (Fsp3) is 0.417. The number of amides is 2. The zero-order valence-electron chi connectivity index (χ0n) is 10.2. The maximum Gasteiger partial charge on any atom is 0.326 e. The number of anilines is 1. The lowest BCUT2D eigenvalue weighted by Gasteiger charge is -2.14. The van der Waals surface area contributed by atoms with Crippen molar-refractivity contribution in [1.82, 2.24) is 10.3 Å². The predicted octanol–water partition coefficient (Wildman–Crippen LogP) is 1.85. The number of aliphatic carboxylic acids is 1. The van der Waals surface area contributed by atoms with E-state index in [0.717, 1.165) is 12.8 Å². The van der Waals surface area contributed by atoms with Gasteiger partial charge in [0.25, 0.3) is 0 Å². The molecule has 2 amide bonds. The summed E-state index contributed by atoms with van der Waals surface area (Å²) in [6, 6.07) is 3.66. The predicted molar refractivity (Wildman–Crippen MR) is 67.3 cm³/mol. The highest BCUT2D eigenvalue weighted by atomic mass is 16.4. The van der Waals surface area contributed by atoms with Gasteiger partial charge in [0.2, 0.25) is 0 Å². The van der Waals surface area contributed by atoms with Crippen LogP contribution >= 0.6 is 0 Å². The second kappa shape index (κ2) is 7.26. The third kappa shape index (κ3) is 4.82. The van der Waals surface area contributed by atoms with Crippen LogP contribution in [-0.4, -0.2) is 28.1 Å². The molecule has 0 aromatic carbocycles. The largest absolute Gasteiger partial charge is 0.480 e. The molecule has 98 valence electrons. The summed E-state index contributed by atoms with van der Waals surface area (Å²) < 4.78 is 0. The summed E-state index contributed by atoms with van der Waals surface area (Å²) in [4.78, 5) is 26.4. The van der Waals surface area contributed by atoms with Crippen LogP contribution in [0.1, 0.15) is 26.2 Å². The van der Waals surface area contributed by atoms with Gasteiger partial charge in [-0.15, -0.1) is 0 Å². The smallest absolute Gasteiger partial charge is 0.326 e. The van der Waals surface area contributed by atoms with Crippen molar-refractivity contribution >= 4 is 17.8 Å². The average molecular weight is 251 g/mol. The molecule has 0 aliphatic rings. The number of nitrogens with zero attached hydrogens (tertiary/aromatic N) is 1. The van der Waals surface area contributed by atoms with Crippen LogP contribution in [0.5, 0.6) is 0 Å². The zero-order chi connectivity index (χ0) is 13.4. The first-order chi connectivity index (χ1) is 8.63. The van der Waals surface area contributed by atoms with Crippen molar-refractivity contribution in [3.8, 4) is 0 Å². The molecule has 1 aromatic rings. The highest BCUT2D eigenvalue weighted by Crippen LogP contribution is 2.03. The highest BCUT2D eigenvalue weighted by molar-refractivity contribution is 5.91. The number of pyridine rings is 1. The first kappa shape index (κ1) is 14.0. The van der Waals surface area contributed by atoms with Crippen molar-refractivity contribution in [3.05, 3.63) is 24.4 Å². The summed E-state index contributed by atoms with van der Waals surface area (Å²) in [5, 5.41) is 13.8. The van der Waals surface area contributed by atoms with Gasteiger partial charge in [-0.05, 0) is 18.6 Å². The zero-order valence-corrected chi connectivity index (χ0v) is 10.2. The summed E-state index contributed by atoms with van der Waals surface area (Å²) in [7, 11) is 0. The van der Waals surface area contributed by atoms with E-state index in [9.17, 15) is 9.59 Å². The number of hydrogen-bond donors (Lipinski definition) is 3. The van der Waals surface area contributed by atoms with E-state index < -0.39 is 18.0 Å². The van der Waals surface area contributed by atoms with Gasteiger partial charge in [0.15, 0.2) is 0 Å². The Morgan fingerprint density at radius 1 is 1.44 bits per heavy atom. The van der Waals surface area contributed by atoms with Crippen molar-refractivity contribution in [2.75, 3.05) is 5.32 Å².